The van der Waals surface area contributed by atoms with Crippen LogP contribution in [-0.2, 0) is 16.0 Å². The first-order valence-electron chi connectivity index (χ1n) is 8.96. The quantitative estimate of drug-likeness (QED) is 0.531. The fourth-order valence-electron chi connectivity index (χ4n) is 2.47. The number of unbranched alkanes of at least 4 members (excludes halogenated alkanes) is 4. The summed E-state index contributed by atoms with van der Waals surface area (Å²) >= 11 is 5.89. The predicted molar refractivity (Wildman–Crippen MR) is 101 cm³/mol. The zero-order valence-corrected chi connectivity index (χ0v) is 16.1. The summed E-state index contributed by atoms with van der Waals surface area (Å²) in [5, 5.41) is 9.66. The van der Waals surface area contributed by atoms with E-state index in [1.807, 2.05) is 24.3 Å². The highest BCUT2D eigenvalue weighted by atomic mass is 35.5. The van der Waals surface area contributed by atoms with Crippen LogP contribution in [0, 0.1) is 0 Å². The van der Waals surface area contributed by atoms with Crippen molar-refractivity contribution in [3.63, 3.8) is 0 Å². The van der Waals surface area contributed by atoms with Crippen molar-refractivity contribution in [3.8, 4) is 11.5 Å². The highest BCUT2D eigenvalue weighted by Crippen LogP contribution is 2.21. The molecule has 0 atom stereocenters. The number of aliphatic carboxylic acids is 1. The second-order valence-electron chi connectivity index (χ2n) is 6.83. The molecule has 0 amide bonds. The molecule has 0 unspecified atom stereocenters. The van der Waals surface area contributed by atoms with E-state index >= 15 is 0 Å². The molecule has 142 valence electrons. The van der Waals surface area contributed by atoms with Crippen molar-refractivity contribution < 1.29 is 19.1 Å². The van der Waals surface area contributed by atoms with Gasteiger partial charge in [-0.05, 0) is 57.4 Å². The summed E-state index contributed by atoms with van der Waals surface area (Å²) in [5.74, 6) is -0.307. The third-order valence-corrected chi connectivity index (χ3v) is 4.45. The number of ether oxygens (including phenoxy) is 1. The summed E-state index contributed by atoms with van der Waals surface area (Å²) in [4.78, 5) is 15.4. The van der Waals surface area contributed by atoms with Crippen LogP contribution in [0.4, 0.5) is 0 Å². The van der Waals surface area contributed by atoms with Crippen molar-refractivity contribution in [1.82, 2.24) is 4.98 Å². The van der Waals surface area contributed by atoms with E-state index in [1.165, 1.54) is 0 Å². The van der Waals surface area contributed by atoms with E-state index in [-0.39, 0.29) is 0 Å². The van der Waals surface area contributed by atoms with Crippen molar-refractivity contribution in [2.75, 3.05) is 6.61 Å². The second-order valence-corrected chi connectivity index (χ2v) is 7.27. The van der Waals surface area contributed by atoms with Crippen molar-refractivity contribution >= 4 is 17.6 Å². The number of hydrogen-bond donors (Lipinski definition) is 1. The molecule has 2 rings (SSSR count). The van der Waals surface area contributed by atoms with Gasteiger partial charge in [-0.15, -0.1) is 0 Å². The minimum absolute atomic E-state index is 0.479. The maximum atomic E-state index is 10.9. The smallest absolute Gasteiger partial charge is 0.335 e. The molecule has 1 heterocycles. The van der Waals surface area contributed by atoms with Crippen LogP contribution in [0.5, 0.6) is 0 Å². The van der Waals surface area contributed by atoms with E-state index in [1.54, 1.807) is 20.1 Å². The Morgan fingerprint density at radius 1 is 1.15 bits per heavy atom. The Bertz CT molecular complexity index is 694. The lowest BCUT2D eigenvalue weighted by atomic mass is 10.1. The first-order valence-corrected chi connectivity index (χ1v) is 9.34. The zero-order valence-electron chi connectivity index (χ0n) is 15.3. The molecule has 0 aliphatic heterocycles. The van der Waals surface area contributed by atoms with E-state index in [2.05, 4.69) is 4.98 Å². The number of benzene rings is 1. The van der Waals surface area contributed by atoms with Gasteiger partial charge >= 0.3 is 5.97 Å². The fraction of sp³-hybridized carbons (Fsp3) is 0.500. The molecular weight excluding hydrogens is 354 g/mol. The molecule has 0 saturated heterocycles. The summed E-state index contributed by atoms with van der Waals surface area (Å²) in [5.41, 5.74) is 0.779. The topological polar surface area (TPSA) is 72.6 Å². The SMILES string of the molecule is CC(C)(OCCCCCCCc1coc(-c2ccc(Cl)cc2)n1)C(=O)O. The number of carboxylic acid groups (broad SMARTS) is 1. The van der Waals surface area contributed by atoms with E-state index in [0.717, 1.165) is 49.8 Å². The summed E-state index contributed by atoms with van der Waals surface area (Å²) in [6, 6.07) is 7.43. The van der Waals surface area contributed by atoms with Gasteiger partial charge in [-0.1, -0.05) is 30.9 Å². The van der Waals surface area contributed by atoms with Crippen molar-refractivity contribution in [2.45, 2.75) is 58.0 Å². The highest BCUT2D eigenvalue weighted by molar-refractivity contribution is 6.30. The second kappa shape index (κ2) is 9.74. The van der Waals surface area contributed by atoms with Gasteiger partial charge in [-0.3, -0.25) is 0 Å². The summed E-state index contributed by atoms with van der Waals surface area (Å²) in [7, 11) is 0. The molecule has 0 fully saturated rings. The maximum Gasteiger partial charge on any atom is 0.335 e. The molecule has 0 spiro atoms. The molecule has 1 aromatic carbocycles. The van der Waals surface area contributed by atoms with Gasteiger partial charge in [0.2, 0.25) is 5.89 Å². The molecular formula is C20H26ClNO4. The Labute approximate surface area is 159 Å². The average Bonchev–Trinajstić information content (AvgIpc) is 3.06. The van der Waals surface area contributed by atoms with Crippen LogP contribution in [0.2, 0.25) is 5.02 Å². The Morgan fingerprint density at radius 2 is 1.81 bits per heavy atom. The number of hydrogen-bond acceptors (Lipinski definition) is 4. The molecule has 0 radical (unpaired) electrons. The first-order chi connectivity index (χ1) is 12.4. The van der Waals surface area contributed by atoms with Crippen LogP contribution in [0.1, 0.15) is 51.6 Å². The van der Waals surface area contributed by atoms with Gasteiger partial charge < -0.3 is 14.3 Å². The number of nitrogens with zero attached hydrogens (tertiary/aromatic N) is 1. The lowest BCUT2D eigenvalue weighted by molar-refractivity contribution is -0.161. The number of oxazole rings is 1. The van der Waals surface area contributed by atoms with Crippen LogP contribution < -0.4 is 0 Å². The lowest BCUT2D eigenvalue weighted by Gasteiger charge is -2.19. The Kier molecular flexibility index (Phi) is 7.66. The van der Waals surface area contributed by atoms with Gasteiger partial charge in [-0.25, -0.2) is 9.78 Å². The van der Waals surface area contributed by atoms with Gasteiger partial charge in [0.15, 0.2) is 5.60 Å². The maximum absolute atomic E-state index is 10.9. The zero-order chi connectivity index (χ0) is 19.0. The summed E-state index contributed by atoms with van der Waals surface area (Å²) in [6.07, 6.45) is 7.76. The molecule has 0 aliphatic carbocycles. The third kappa shape index (κ3) is 6.46. The van der Waals surface area contributed by atoms with Crippen LogP contribution in [0.25, 0.3) is 11.5 Å². The van der Waals surface area contributed by atoms with Gasteiger partial charge in [0.25, 0.3) is 0 Å². The van der Waals surface area contributed by atoms with E-state index in [4.69, 9.17) is 25.9 Å². The minimum Gasteiger partial charge on any atom is -0.479 e. The number of aryl methyl sites for hydroxylation is 1. The largest absolute Gasteiger partial charge is 0.479 e. The molecule has 1 N–H and O–H groups in total. The van der Waals surface area contributed by atoms with Crippen LogP contribution in [0.15, 0.2) is 34.9 Å². The summed E-state index contributed by atoms with van der Waals surface area (Å²) in [6.45, 7) is 3.63. The number of halogens is 1. The number of carboxylic acids is 1. The van der Waals surface area contributed by atoms with E-state index < -0.39 is 11.6 Å². The molecule has 0 bridgehead atoms. The Balaban J connectivity index is 1.59. The number of aromatic nitrogens is 1. The molecule has 1 aromatic heterocycles. The van der Waals surface area contributed by atoms with E-state index in [0.29, 0.717) is 17.5 Å². The highest BCUT2D eigenvalue weighted by Gasteiger charge is 2.27. The van der Waals surface area contributed by atoms with Crippen LogP contribution in [-0.4, -0.2) is 28.3 Å². The molecule has 2 aromatic rings. The molecule has 0 saturated carbocycles. The van der Waals surface area contributed by atoms with Crippen molar-refractivity contribution in [2.24, 2.45) is 0 Å². The number of rotatable bonds is 11. The van der Waals surface area contributed by atoms with E-state index in [9.17, 15) is 4.79 Å². The first kappa shape index (κ1) is 20.5. The normalized spacial score (nSPS) is 11.7. The van der Waals surface area contributed by atoms with Gasteiger partial charge in [-0.2, -0.15) is 0 Å². The van der Waals surface area contributed by atoms with Crippen molar-refractivity contribution in [1.29, 1.82) is 0 Å². The summed E-state index contributed by atoms with van der Waals surface area (Å²) < 4.78 is 10.9. The standard InChI is InChI=1S/C20H26ClNO4/c1-20(2,19(23)24)26-13-7-5-3-4-6-8-17-14-25-18(22-17)15-9-11-16(21)12-10-15/h9-12,14H,3-8,13H2,1-2H3,(H,23,24). The molecule has 6 heteroatoms. The van der Waals surface area contributed by atoms with Gasteiger partial charge in [0, 0.05) is 17.2 Å². The third-order valence-electron chi connectivity index (χ3n) is 4.20. The van der Waals surface area contributed by atoms with Crippen LogP contribution >= 0.6 is 11.6 Å². The van der Waals surface area contributed by atoms with Crippen LogP contribution in [0.3, 0.4) is 0 Å². The molecule has 26 heavy (non-hydrogen) atoms. The predicted octanol–water partition coefficient (Wildman–Crippen LogP) is 5.37. The monoisotopic (exact) mass is 379 g/mol. The minimum atomic E-state index is -1.10. The average molecular weight is 380 g/mol. The van der Waals surface area contributed by atoms with Gasteiger partial charge in [0.05, 0.1) is 5.69 Å². The van der Waals surface area contributed by atoms with Crippen molar-refractivity contribution in [3.05, 3.63) is 41.2 Å². The number of carbonyl (C=O) groups is 1. The van der Waals surface area contributed by atoms with Gasteiger partial charge in [0.1, 0.15) is 6.26 Å². The Hall–Kier alpha value is -1.85. The molecule has 5 nitrogen and oxygen atoms in total. The lowest BCUT2D eigenvalue weighted by Crippen LogP contribution is -2.35. The Morgan fingerprint density at radius 3 is 2.50 bits per heavy atom. The molecule has 0 aliphatic rings. The fourth-order valence-corrected chi connectivity index (χ4v) is 2.60.